The first-order valence-electron chi connectivity index (χ1n) is 5.92. The van der Waals surface area contributed by atoms with Crippen LogP contribution in [-0.4, -0.2) is 23.2 Å². The summed E-state index contributed by atoms with van der Waals surface area (Å²) in [4.78, 5) is 5.72. The number of piperidine rings is 1. The summed E-state index contributed by atoms with van der Waals surface area (Å²) in [5.74, 6) is 1.49. The molecule has 4 nitrogen and oxygen atoms in total. The van der Waals surface area contributed by atoms with Crippen LogP contribution >= 0.6 is 11.3 Å². The van der Waals surface area contributed by atoms with Gasteiger partial charge in [0.15, 0.2) is 0 Å². The average Bonchev–Trinajstić information content (AvgIpc) is 2.98. The first-order chi connectivity index (χ1) is 8.34. The molecule has 17 heavy (non-hydrogen) atoms. The van der Waals surface area contributed by atoms with E-state index >= 15 is 0 Å². The Labute approximate surface area is 104 Å². The van der Waals surface area contributed by atoms with Gasteiger partial charge in [-0.05, 0) is 32.9 Å². The van der Waals surface area contributed by atoms with Crippen molar-refractivity contribution in [2.45, 2.75) is 25.7 Å². The van der Waals surface area contributed by atoms with Crippen molar-refractivity contribution in [1.29, 1.82) is 0 Å². The molecule has 3 rings (SSSR count). The van der Waals surface area contributed by atoms with Crippen LogP contribution in [0.15, 0.2) is 16.9 Å². The zero-order valence-electron chi connectivity index (χ0n) is 9.77. The van der Waals surface area contributed by atoms with Gasteiger partial charge in [-0.3, -0.25) is 0 Å². The van der Waals surface area contributed by atoms with Crippen molar-refractivity contribution in [3.63, 3.8) is 0 Å². The standard InChI is InChI=1S/C12H15N3OS/c1-8-10(6-15-16-8)11-7-14-12(17-11)9-2-4-13-5-3-9/h6-7,9,13H,2-5H2,1H3. The molecular weight excluding hydrogens is 234 g/mol. The largest absolute Gasteiger partial charge is 0.361 e. The molecule has 0 atom stereocenters. The third-order valence-electron chi connectivity index (χ3n) is 3.23. The van der Waals surface area contributed by atoms with Crippen molar-refractivity contribution in [3.05, 3.63) is 23.2 Å². The molecule has 90 valence electrons. The van der Waals surface area contributed by atoms with Gasteiger partial charge < -0.3 is 9.84 Å². The van der Waals surface area contributed by atoms with Crippen LogP contribution in [0.4, 0.5) is 0 Å². The second-order valence-corrected chi connectivity index (χ2v) is 5.44. The fraction of sp³-hybridized carbons (Fsp3) is 0.500. The molecule has 0 unspecified atom stereocenters. The Bertz CT molecular complexity index is 499. The number of nitrogens with zero attached hydrogens (tertiary/aromatic N) is 2. The normalized spacial score (nSPS) is 17.5. The lowest BCUT2D eigenvalue weighted by molar-refractivity contribution is 0.398. The third-order valence-corrected chi connectivity index (χ3v) is 4.42. The van der Waals surface area contributed by atoms with E-state index in [0.29, 0.717) is 5.92 Å². The zero-order chi connectivity index (χ0) is 11.7. The molecule has 0 aromatic carbocycles. The Morgan fingerprint density at radius 1 is 1.35 bits per heavy atom. The molecule has 1 N–H and O–H groups in total. The Balaban J connectivity index is 1.85. The first-order valence-corrected chi connectivity index (χ1v) is 6.74. The molecule has 1 aliphatic rings. The summed E-state index contributed by atoms with van der Waals surface area (Å²) in [6, 6.07) is 0. The molecule has 3 heterocycles. The lowest BCUT2D eigenvalue weighted by Gasteiger charge is -2.20. The van der Waals surface area contributed by atoms with Gasteiger partial charge in [-0.15, -0.1) is 11.3 Å². The van der Waals surface area contributed by atoms with Gasteiger partial charge in [-0.25, -0.2) is 4.98 Å². The molecule has 2 aromatic rings. The summed E-state index contributed by atoms with van der Waals surface area (Å²) in [5, 5.41) is 8.45. The quantitative estimate of drug-likeness (QED) is 0.888. The monoisotopic (exact) mass is 249 g/mol. The minimum Gasteiger partial charge on any atom is -0.361 e. The van der Waals surface area contributed by atoms with E-state index in [1.807, 2.05) is 13.1 Å². The predicted octanol–water partition coefficient (Wildman–Crippen LogP) is 2.57. The van der Waals surface area contributed by atoms with Crippen LogP contribution in [0.5, 0.6) is 0 Å². The smallest absolute Gasteiger partial charge is 0.142 e. The highest BCUT2D eigenvalue weighted by atomic mass is 32.1. The highest BCUT2D eigenvalue weighted by molar-refractivity contribution is 7.15. The molecule has 1 saturated heterocycles. The van der Waals surface area contributed by atoms with Crippen LogP contribution in [-0.2, 0) is 0 Å². The van der Waals surface area contributed by atoms with E-state index < -0.39 is 0 Å². The summed E-state index contributed by atoms with van der Waals surface area (Å²) in [5.41, 5.74) is 1.07. The molecule has 0 radical (unpaired) electrons. The SMILES string of the molecule is Cc1oncc1-c1cnc(C2CCNCC2)s1. The van der Waals surface area contributed by atoms with E-state index in [1.165, 1.54) is 17.8 Å². The van der Waals surface area contributed by atoms with E-state index in [4.69, 9.17) is 4.52 Å². The van der Waals surface area contributed by atoms with E-state index in [1.54, 1.807) is 17.5 Å². The van der Waals surface area contributed by atoms with Crippen molar-refractivity contribution in [2.24, 2.45) is 0 Å². The summed E-state index contributed by atoms with van der Waals surface area (Å²) in [7, 11) is 0. The topological polar surface area (TPSA) is 51.0 Å². The third kappa shape index (κ3) is 2.12. The highest BCUT2D eigenvalue weighted by Gasteiger charge is 2.19. The van der Waals surface area contributed by atoms with Gasteiger partial charge in [0.1, 0.15) is 5.76 Å². The molecule has 0 saturated carbocycles. The number of hydrogen-bond acceptors (Lipinski definition) is 5. The van der Waals surface area contributed by atoms with Crippen molar-refractivity contribution >= 4 is 11.3 Å². The zero-order valence-corrected chi connectivity index (χ0v) is 10.6. The van der Waals surface area contributed by atoms with E-state index in [-0.39, 0.29) is 0 Å². The van der Waals surface area contributed by atoms with E-state index in [2.05, 4.69) is 15.5 Å². The second kappa shape index (κ2) is 4.58. The summed E-state index contributed by atoms with van der Waals surface area (Å²) >= 11 is 1.77. The number of hydrogen-bond donors (Lipinski definition) is 1. The molecule has 0 amide bonds. The summed E-state index contributed by atoms with van der Waals surface area (Å²) in [6.45, 7) is 4.14. The van der Waals surface area contributed by atoms with Crippen molar-refractivity contribution < 1.29 is 4.52 Å². The van der Waals surface area contributed by atoms with E-state index in [0.717, 1.165) is 29.3 Å². The Morgan fingerprint density at radius 2 is 2.18 bits per heavy atom. The van der Waals surface area contributed by atoms with Crippen molar-refractivity contribution in [3.8, 4) is 10.4 Å². The minimum atomic E-state index is 0.621. The lowest BCUT2D eigenvalue weighted by Crippen LogP contribution is -2.26. The maximum absolute atomic E-state index is 5.09. The van der Waals surface area contributed by atoms with Gasteiger partial charge in [-0.1, -0.05) is 5.16 Å². The van der Waals surface area contributed by atoms with Gasteiger partial charge in [0.25, 0.3) is 0 Å². The number of rotatable bonds is 2. The maximum atomic E-state index is 5.09. The average molecular weight is 249 g/mol. The van der Waals surface area contributed by atoms with Crippen molar-refractivity contribution in [2.75, 3.05) is 13.1 Å². The minimum absolute atomic E-state index is 0.621. The van der Waals surface area contributed by atoms with Gasteiger partial charge in [0.2, 0.25) is 0 Å². The van der Waals surface area contributed by atoms with Gasteiger partial charge in [0, 0.05) is 12.1 Å². The molecular formula is C12H15N3OS. The van der Waals surface area contributed by atoms with Crippen LogP contribution < -0.4 is 5.32 Å². The fourth-order valence-corrected chi connectivity index (χ4v) is 3.35. The van der Waals surface area contributed by atoms with Gasteiger partial charge in [-0.2, -0.15) is 0 Å². The maximum Gasteiger partial charge on any atom is 0.142 e. The molecule has 0 bridgehead atoms. The molecule has 1 fully saturated rings. The molecule has 0 aliphatic carbocycles. The number of thiazole rings is 1. The van der Waals surface area contributed by atoms with Gasteiger partial charge >= 0.3 is 0 Å². The first kappa shape index (κ1) is 10.9. The summed E-state index contributed by atoms with van der Waals surface area (Å²) in [6.07, 6.45) is 6.10. The van der Waals surface area contributed by atoms with Crippen LogP contribution in [0.3, 0.4) is 0 Å². The second-order valence-electron chi connectivity index (χ2n) is 4.38. The molecule has 0 spiro atoms. The Hall–Kier alpha value is -1.20. The fourth-order valence-electron chi connectivity index (χ4n) is 2.21. The number of nitrogens with one attached hydrogen (secondary N) is 1. The Morgan fingerprint density at radius 3 is 2.88 bits per heavy atom. The van der Waals surface area contributed by atoms with Crippen LogP contribution in [0.25, 0.3) is 10.4 Å². The van der Waals surface area contributed by atoms with E-state index in [9.17, 15) is 0 Å². The van der Waals surface area contributed by atoms with Gasteiger partial charge in [0.05, 0.1) is 21.6 Å². The predicted molar refractivity (Wildman–Crippen MR) is 67.2 cm³/mol. The summed E-state index contributed by atoms with van der Waals surface area (Å²) < 4.78 is 5.09. The van der Waals surface area contributed by atoms with Crippen molar-refractivity contribution in [1.82, 2.24) is 15.5 Å². The lowest BCUT2D eigenvalue weighted by atomic mass is 9.99. The van der Waals surface area contributed by atoms with Crippen LogP contribution in [0.2, 0.25) is 0 Å². The molecule has 5 heteroatoms. The molecule has 1 aliphatic heterocycles. The Kier molecular flexibility index (Phi) is 2.94. The molecule has 2 aromatic heterocycles. The number of aryl methyl sites for hydroxylation is 1. The van der Waals surface area contributed by atoms with Crippen LogP contribution in [0, 0.1) is 6.92 Å². The highest BCUT2D eigenvalue weighted by Crippen LogP contribution is 2.34. The van der Waals surface area contributed by atoms with Crippen LogP contribution in [0.1, 0.15) is 29.5 Å². The number of aromatic nitrogens is 2.